The molecule has 0 saturated carbocycles. The van der Waals surface area contributed by atoms with E-state index in [-0.39, 0.29) is 24.6 Å². The zero-order chi connectivity index (χ0) is 16.8. The van der Waals surface area contributed by atoms with Gasteiger partial charge in [-0.2, -0.15) is 0 Å². The van der Waals surface area contributed by atoms with Crippen LogP contribution < -0.4 is 10.2 Å². The van der Waals surface area contributed by atoms with Crippen LogP contribution in [0.15, 0.2) is 66.7 Å². The zero-order valence-corrected chi connectivity index (χ0v) is 13.1. The number of carbonyl (C=O) groups excluding carboxylic acids is 2. The summed E-state index contributed by atoms with van der Waals surface area (Å²) in [5.41, 5.74) is 1.75. The van der Waals surface area contributed by atoms with Crippen LogP contribution in [0.2, 0.25) is 0 Å². The minimum Gasteiger partial charge on any atom is -0.442 e. The minimum atomic E-state index is -0.389. The Balaban J connectivity index is 1.50. The van der Waals surface area contributed by atoms with Gasteiger partial charge in [0.15, 0.2) is 0 Å². The highest BCUT2D eigenvalue weighted by Gasteiger charge is 2.32. The topological polar surface area (TPSA) is 58.6 Å². The molecule has 2 aromatic rings. The lowest BCUT2D eigenvalue weighted by Crippen LogP contribution is -2.33. The number of hydrogen-bond acceptors (Lipinski definition) is 3. The molecule has 0 radical (unpaired) electrons. The molecule has 5 heteroatoms. The number of rotatable bonds is 5. The first-order valence-electron chi connectivity index (χ1n) is 7.76. The van der Waals surface area contributed by atoms with E-state index < -0.39 is 0 Å². The molecule has 1 saturated heterocycles. The van der Waals surface area contributed by atoms with Crippen LogP contribution in [0.25, 0.3) is 6.08 Å². The first kappa shape index (κ1) is 15.8. The predicted molar refractivity (Wildman–Crippen MR) is 92.5 cm³/mol. The molecule has 0 aliphatic carbocycles. The van der Waals surface area contributed by atoms with Crippen LogP contribution in [0.4, 0.5) is 10.5 Å². The molecule has 3 rings (SSSR count). The monoisotopic (exact) mass is 322 g/mol. The summed E-state index contributed by atoms with van der Waals surface area (Å²) in [6, 6.07) is 18.9. The highest BCUT2D eigenvalue weighted by Crippen LogP contribution is 2.20. The van der Waals surface area contributed by atoms with Gasteiger partial charge in [-0.1, -0.05) is 48.5 Å². The normalized spacial score (nSPS) is 17.1. The Morgan fingerprint density at radius 2 is 1.79 bits per heavy atom. The van der Waals surface area contributed by atoms with Crippen molar-refractivity contribution in [2.45, 2.75) is 6.10 Å². The number of hydrogen-bond donors (Lipinski definition) is 1. The molecule has 122 valence electrons. The molecule has 0 bridgehead atoms. The summed E-state index contributed by atoms with van der Waals surface area (Å²) in [6.07, 6.45) is 2.47. The van der Waals surface area contributed by atoms with Crippen molar-refractivity contribution in [3.8, 4) is 0 Å². The van der Waals surface area contributed by atoms with Crippen LogP contribution in [0.1, 0.15) is 5.56 Å². The molecular formula is C19H18N2O3. The highest BCUT2D eigenvalue weighted by atomic mass is 16.6. The third kappa shape index (κ3) is 4.01. The van der Waals surface area contributed by atoms with Gasteiger partial charge in [-0.05, 0) is 23.8 Å². The summed E-state index contributed by atoms with van der Waals surface area (Å²) in [5.74, 6) is -0.215. The van der Waals surface area contributed by atoms with Gasteiger partial charge in [0.1, 0.15) is 6.10 Å². The van der Waals surface area contributed by atoms with Crippen LogP contribution in [-0.2, 0) is 9.53 Å². The number of cyclic esters (lactones) is 1. The van der Waals surface area contributed by atoms with Crippen molar-refractivity contribution in [1.82, 2.24) is 5.32 Å². The molecular weight excluding hydrogens is 304 g/mol. The second kappa shape index (κ2) is 7.46. The van der Waals surface area contributed by atoms with Crippen LogP contribution in [0, 0.1) is 0 Å². The van der Waals surface area contributed by atoms with Crippen LogP contribution in [0.5, 0.6) is 0 Å². The molecule has 5 nitrogen and oxygen atoms in total. The first-order valence-corrected chi connectivity index (χ1v) is 7.76. The van der Waals surface area contributed by atoms with E-state index in [1.54, 1.807) is 11.0 Å². The largest absolute Gasteiger partial charge is 0.442 e. The fraction of sp³-hybridized carbons (Fsp3) is 0.158. The Labute approximate surface area is 140 Å². The second-order valence-electron chi connectivity index (χ2n) is 5.44. The number of para-hydroxylation sites is 1. The molecule has 24 heavy (non-hydrogen) atoms. The van der Waals surface area contributed by atoms with Crippen molar-refractivity contribution in [3.63, 3.8) is 0 Å². The number of benzene rings is 2. The van der Waals surface area contributed by atoms with Gasteiger partial charge in [-0.15, -0.1) is 0 Å². The standard InChI is InChI=1S/C19H18N2O3/c22-18(12-11-15-7-3-1-4-8-15)20-13-17-14-21(19(23)24-17)16-9-5-2-6-10-16/h1-12,17H,13-14H2,(H,20,22). The number of amides is 2. The van der Waals surface area contributed by atoms with E-state index in [0.717, 1.165) is 11.3 Å². The summed E-state index contributed by atoms with van der Waals surface area (Å²) in [4.78, 5) is 25.3. The van der Waals surface area contributed by atoms with Crippen molar-refractivity contribution in [2.75, 3.05) is 18.0 Å². The summed E-state index contributed by atoms with van der Waals surface area (Å²) < 4.78 is 5.29. The van der Waals surface area contributed by atoms with Crippen molar-refractivity contribution in [2.24, 2.45) is 0 Å². The van der Waals surface area contributed by atoms with Gasteiger partial charge in [-0.3, -0.25) is 9.69 Å². The minimum absolute atomic E-state index is 0.215. The molecule has 1 aliphatic rings. The fourth-order valence-electron chi connectivity index (χ4n) is 2.46. The van der Waals surface area contributed by atoms with Crippen LogP contribution in [0.3, 0.4) is 0 Å². The maximum atomic E-state index is 11.9. The van der Waals surface area contributed by atoms with Crippen molar-refractivity contribution < 1.29 is 14.3 Å². The van der Waals surface area contributed by atoms with E-state index in [4.69, 9.17) is 4.74 Å². The Morgan fingerprint density at radius 1 is 1.12 bits per heavy atom. The van der Waals surface area contributed by atoms with E-state index in [1.165, 1.54) is 6.08 Å². The third-order valence-electron chi connectivity index (χ3n) is 3.67. The Morgan fingerprint density at radius 3 is 2.50 bits per heavy atom. The Hall–Kier alpha value is -3.08. The van der Waals surface area contributed by atoms with Crippen LogP contribution in [-0.4, -0.2) is 31.2 Å². The summed E-state index contributed by atoms with van der Waals surface area (Å²) >= 11 is 0. The number of nitrogens with one attached hydrogen (secondary N) is 1. The molecule has 1 N–H and O–H groups in total. The maximum absolute atomic E-state index is 11.9. The highest BCUT2D eigenvalue weighted by molar-refractivity contribution is 5.92. The third-order valence-corrected chi connectivity index (χ3v) is 3.67. The Bertz CT molecular complexity index is 729. The average molecular weight is 322 g/mol. The lowest BCUT2D eigenvalue weighted by Gasteiger charge is -2.12. The lowest BCUT2D eigenvalue weighted by molar-refractivity contribution is -0.116. The summed E-state index contributed by atoms with van der Waals surface area (Å²) in [6.45, 7) is 0.707. The maximum Gasteiger partial charge on any atom is 0.414 e. The lowest BCUT2D eigenvalue weighted by atomic mass is 10.2. The van der Waals surface area contributed by atoms with Gasteiger partial charge in [0, 0.05) is 11.8 Å². The molecule has 0 aromatic heterocycles. The van der Waals surface area contributed by atoms with E-state index in [9.17, 15) is 9.59 Å². The molecule has 1 unspecified atom stereocenters. The smallest absolute Gasteiger partial charge is 0.414 e. The van der Waals surface area contributed by atoms with Crippen molar-refractivity contribution in [1.29, 1.82) is 0 Å². The first-order chi connectivity index (χ1) is 11.7. The fourth-order valence-corrected chi connectivity index (χ4v) is 2.46. The number of carbonyl (C=O) groups is 2. The Kier molecular flexibility index (Phi) is 4.91. The number of ether oxygens (including phenoxy) is 1. The van der Waals surface area contributed by atoms with Crippen molar-refractivity contribution in [3.05, 3.63) is 72.3 Å². The van der Waals surface area contributed by atoms with E-state index in [2.05, 4.69) is 5.32 Å². The predicted octanol–water partition coefficient (Wildman–Crippen LogP) is 2.84. The summed E-state index contributed by atoms with van der Waals surface area (Å²) in [5, 5.41) is 2.76. The molecule has 1 aliphatic heterocycles. The van der Waals surface area contributed by atoms with Gasteiger partial charge >= 0.3 is 6.09 Å². The van der Waals surface area contributed by atoms with E-state index >= 15 is 0 Å². The zero-order valence-electron chi connectivity index (χ0n) is 13.1. The molecule has 1 atom stereocenters. The van der Waals surface area contributed by atoms with Gasteiger partial charge in [0.25, 0.3) is 0 Å². The quantitative estimate of drug-likeness (QED) is 0.861. The molecule has 1 heterocycles. The molecule has 2 amide bonds. The van der Waals surface area contributed by atoms with E-state index in [0.29, 0.717) is 6.54 Å². The van der Waals surface area contributed by atoms with Gasteiger partial charge in [0.2, 0.25) is 5.91 Å². The van der Waals surface area contributed by atoms with E-state index in [1.807, 2.05) is 60.7 Å². The second-order valence-corrected chi connectivity index (χ2v) is 5.44. The van der Waals surface area contributed by atoms with Crippen LogP contribution >= 0.6 is 0 Å². The molecule has 0 spiro atoms. The SMILES string of the molecule is O=C(C=Cc1ccccc1)NCC1CN(c2ccccc2)C(=O)O1. The average Bonchev–Trinajstić information content (AvgIpc) is 3.00. The number of anilines is 1. The van der Waals surface area contributed by atoms with Gasteiger partial charge in [-0.25, -0.2) is 4.79 Å². The summed E-state index contributed by atoms with van der Waals surface area (Å²) in [7, 11) is 0. The number of nitrogens with zero attached hydrogens (tertiary/aromatic N) is 1. The molecule has 1 fully saturated rings. The van der Waals surface area contributed by atoms with Crippen molar-refractivity contribution >= 4 is 23.8 Å². The molecule has 2 aromatic carbocycles. The van der Waals surface area contributed by atoms with Gasteiger partial charge < -0.3 is 10.1 Å². The van der Waals surface area contributed by atoms with Gasteiger partial charge in [0.05, 0.1) is 13.1 Å².